The molecule has 6 nitrogen and oxygen atoms in total. The van der Waals surface area contributed by atoms with Gasteiger partial charge in [0.05, 0.1) is 12.1 Å². The molecule has 0 radical (unpaired) electrons. The van der Waals surface area contributed by atoms with Gasteiger partial charge in [0, 0.05) is 5.69 Å². The minimum absolute atomic E-state index is 0.0228. The van der Waals surface area contributed by atoms with Crippen LogP contribution in [0.1, 0.15) is 21.6 Å². The number of alkyl halides is 3. The van der Waals surface area contributed by atoms with Crippen LogP contribution < -0.4 is 10.1 Å². The Balaban J connectivity index is 2.41. The predicted molar refractivity (Wildman–Crippen MR) is 86.4 cm³/mol. The van der Waals surface area contributed by atoms with Crippen LogP contribution in [0.3, 0.4) is 0 Å². The van der Waals surface area contributed by atoms with Crippen molar-refractivity contribution in [2.24, 2.45) is 0 Å². The van der Waals surface area contributed by atoms with E-state index in [0.29, 0.717) is 11.3 Å². The van der Waals surface area contributed by atoms with E-state index < -0.39 is 18.1 Å². The Morgan fingerprint density at radius 3 is 2.58 bits per heavy atom. The lowest BCUT2D eigenvalue weighted by Crippen LogP contribution is -2.17. The van der Waals surface area contributed by atoms with Crippen molar-refractivity contribution in [3.8, 4) is 11.8 Å². The lowest BCUT2D eigenvalue weighted by Gasteiger charge is -2.15. The molecule has 1 heterocycles. The van der Waals surface area contributed by atoms with Crippen LogP contribution in [0, 0.1) is 18.3 Å². The van der Waals surface area contributed by atoms with E-state index >= 15 is 0 Å². The minimum Gasteiger partial charge on any atom is -0.465 e. The van der Waals surface area contributed by atoms with Gasteiger partial charge in [0.2, 0.25) is 0 Å². The number of carbonyl (C=O) groups excluding carboxylic acids is 1. The molecule has 1 N–H and O–H groups in total. The third-order valence-electron chi connectivity index (χ3n) is 3.17. The average molecular weight is 386 g/mol. The van der Waals surface area contributed by atoms with Crippen molar-refractivity contribution in [2.45, 2.75) is 13.3 Å². The van der Waals surface area contributed by atoms with Crippen molar-refractivity contribution in [1.82, 2.24) is 4.98 Å². The van der Waals surface area contributed by atoms with E-state index in [1.165, 1.54) is 19.1 Å². The van der Waals surface area contributed by atoms with Crippen LogP contribution in [0.5, 0.6) is 5.75 Å². The van der Waals surface area contributed by atoms with Crippen molar-refractivity contribution >= 4 is 29.1 Å². The van der Waals surface area contributed by atoms with Crippen LogP contribution in [-0.4, -0.2) is 24.4 Å². The fraction of sp³-hybridized carbons (Fsp3) is 0.188. The van der Waals surface area contributed by atoms with Gasteiger partial charge in [-0.3, -0.25) is 0 Å². The van der Waals surface area contributed by atoms with Gasteiger partial charge in [-0.25, -0.2) is 9.78 Å². The molecule has 1 aromatic heterocycles. The highest BCUT2D eigenvalue weighted by Gasteiger charge is 2.31. The van der Waals surface area contributed by atoms with Crippen molar-refractivity contribution in [2.75, 3.05) is 12.4 Å². The maximum atomic E-state index is 12.3. The lowest BCUT2D eigenvalue weighted by molar-refractivity contribution is -0.274. The number of methoxy groups -OCH3 is 1. The van der Waals surface area contributed by atoms with Crippen LogP contribution in [-0.2, 0) is 4.74 Å². The molecule has 1 aromatic carbocycles. The van der Waals surface area contributed by atoms with Crippen molar-refractivity contribution in [1.29, 1.82) is 5.26 Å². The molecule has 0 bridgehead atoms. The summed E-state index contributed by atoms with van der Waals surface area (Å²) in [6.07, 6.45) is -4.81. The fourth-order valence-electron chi connectivity index (χ4n) is 2.03. The zero-order chi connectivity index (χ0) is 19.5. The molecule has 0 spiro atoms. The molecule has 0 unspecified atom stereocenters. The highest BCUT2D eigenvalue weighted by atomic mass is 35.5. The van der Waals surface area contributed by atoms with Gasteiger partial charge < -0.3 is 14.8 Å². The van der Waals surface area contributed by atoms with Gasteiger partial charge in [-0.15, -0.1) is 13.2 Å². The second-order valence-electron chi connectivity index (χ2n) is 4.97. The van der Waals surface area contributed by atoms with Crippen molar-refractivity contribution in [3.05, 3.63) is 46.1 Å². The number of nitrogens with zero attached hydrogens (tertiary/aromatic N) is 2. The maximum absolute atomic E-state index is 12.3. The van der Waals surface area contributed by atoms with Crippen LogP contribution in [0.4, 0.5) is 24.7 Å². The number of rotatable bonds is 4. The number of hydrogen-bond donors (Lipinski definition) is 1. The molecule has 0 aliphatic rings. The van der Waals surface area contributed by atoms with Crippen molar-refractivity contribution in [3.63, 3.8) is 0 Å². The zero-order valence-electron chi connectivity index (χ0n) is 13.4. The third kappa shape index (κ3) is 4.55. The molecule has 2 rings (SSSR count). The predicted octanol–water partition coefficient (Wildman–Crippen LogP) is 4.34. The van der Waals surface area contributed by atoms with E-state index in [0.717, 1.165) is 19.2 Å². The summed E-state index contributed by atoms with van der Waals surface area (Å²) >= 11 is 5.88. The number of nitriles is 1. The second kappa shape index (κ2) is 7.49. The highest BCUT2D eigenvalue weighted by Crippen LogP contribution is 2.30. The van der Waals surface area contributed by atoms with Gasteiger partial charge >= 0.3 is 12.3 Å². The van der Waals surface area contributed by atoms with E-state index in [4.69, 9.17) is 16.9 Å². The number of nitrogens with one attached hydrogen (secondary N) is 1. The van der Waals surface area contributed by atoms with Crippen LogP contribution >= 0.6 is 11.6 Å². The Morgan fingerprint density at radius 1 is 1.35 bits per heavy atom. The van der Waals surface area contributed by atoms with Gasteiger partial charge in [-0.2, -0.15) is 5.26 Å². The number of ether oxygens (including phenoxy) is 2. The van der Waals surface area contributed by atoms with Gasteiger partial charge in [-0.1, -0.05) is 11.6 Å². The van der Waals surface area contributed by atoms with Crippen LogP contribution in [0.25, 0.3) is 0 Å². The number of anilines is 2. The topological polar surface area (TPSA) is 84.2 Å². The van der Waals surface area contributed by atoms with Crippen LogP contribution in [0.15, 0.2) is 24.3 Å². The average Bonchev–Trinajstić information content (AvgIpc) is 2.56. The summed E-state index contributed by atoms with van der Waals surface area (Å²) in [6.45, 7) is 1.53. The summed E-state index contributed by atoms with van der Waals surface area (Å²) in [5.41, 5.74) is 0.573. The van der Waals surface area contributed by atoms with E-state index in [1.807, 2.05) is 0 Å². The quantitative estimate of drug-likeness (QED) is 0.788. The first kappa shape index (κ1) is 19.3. The molecule has 0 saturated heterocycles. The van der Waals surface area contributed by atoms with Gasteiger partial charge in [-0.05, 0) is 36.8 Å². The molecule has 26 heavy (non-hydrogen) atoms. The largest absolute Gasteiger partial charge is 0.573 e. The molecule has 0 fully saturated rings. The smallest absolute Gasteiger partial charge is 0.465 e. The number of pyridine rings is 1. The first-order chi connectivity index (χ1) is 12.1. The number of hydrogen-bond acceptors (Lipinski definition) is 6. The molecule has 0 atom stereocenters. The molecule has 0 aliphatic carbocycles. The maximum Gasteiger partial charge on any atom is 0.573 e. The zero-order valence-corrected chi connectivity index (χ0v) is 14.2. The molecule has 0 aliphatic heterocycles. The molecular weight excluding hydrogens is 375 g/mol. The number of aromatic nitrogens is 1. The molecular formula is C16H11ClF3N3O3. The summed E-state index contributed by atoms with van der Waals surface area (Å²) in [5, 5.41) is 11.8. The fourth-order valence-corrected chi connectivity index (χ4v) is 2.22. The molecule has 0 amide bonds. The third-order valence-corrected chi connectivity index (χ3v) is 3.46. The van der Waals surface area contributed by atoms with E-state index in [2.05, 4.69) is 19.8 Å². The normalized spacial score (nSPS) is 10.8. The minimum atomic E-state index is -4.81. The summed E-state index contributed by atoms with van der Waals surface area (Å²) in [6, 6.07) is 6.57. The van der Waals surface area contributed by atoms with E-state index in [9.17, 15) is 18.0 Å². The molecule has 10 heteroatoms. The summed E-state index contributed by atoms with van der Waals surface area (Å²) in [4.78, 5) is 15.8. The van der Waals surface area contributed by atoms with E-state index in [1.54, 1.807) is 6.07 Å². The SMILES string of the molecule is COC(=O)c1cc(Cl)c(C#N)nc1Nc1ccc(OC(F)(F)F)cc1C. The van der Waals surface area contributed by atoms with Gasteiger partial charge in [0.1, 0.15) is 23.2 Å². The van der Waals surface area contributed by atoms with Gasteiger partial charge in [0.15, 0.2) is 5.69 Å². The number of aryl methyl sites for hydroxylation is 1. The Kier molecular flexibility index (Phi) is 5.57. The second-order valence-corrected chi connectivity index (χ2v) is 5.38. The first-order valence-electron chi connectivity index (χ1n) is 6.97. The Bertz CT molecular complexity index is 895. The lowest BCUT2D eigenvalue weighted by atomic mass is 10.1. The van der Waals surface area contributed by atoms with Gasteiger partial charge in [0.25, 0.3) is 0 Å². The summed E-state index contributed by atoms with van der Waals surface area (Å²) < 4.78 is 45.3. The summed E-state index contributed by atoms with van der Waals surface area (Å²) in [5.74, 6) is -1.16. The standard InChI is InChI=1S/C16H11ClF3N3O3/c1-8-5-9(26-16(18,19)20)3-4-12(8)22-14-10(15(24)25-2)6-11(17)13(7-21)23-14/h3-6H,1-2H3,(H,22,23). The highest BCUT2D eigenvalue weighted by molar-refractivity contribution is 6.32. The number of benzene rings is 1. The molecule has 136 valence electrons. The summed E-state index contributed by atoms with van der Waals surface area (Å²) in [7, 11) is 1.16. The molecule has 2 aromatic rings. The Labute approximate surface area is 151 Å². The van der Waals surface area contributed by atoms with E-state index in [-0.39, 0.29) is 22.1 Å². The van der Waals surface area contributed by atoms with Crippen molar-refractivity contribution < 1.29 is 27.4 Å². The Morgan fingerprint density at radius 2 is 2.04 bits per heavy atom. The molecule has 0 saturated carbocycles. The number of carbonyl (C=O) groups is 1. The Hall–Kier alpha value is -2.99. The monoisotopic (exact) mass is 385 g/mol. The number of esters is 1. The van der Waals surface area contributed by atoms with Crippen LogP contribution in [0.2, 0.25) is 5.02 Å². The number of halogens is 4. The first-order valence-corrected chi connectivity index (χ1v) is 7.34.